The van der Waals surface area contributed by atoms with Crippen LogP contribution in [0.2, 0.25) is 0 Å². The second-order valence-corrected chi connectivity index (χ2v) is 8.29. The van der Waals surface area contributed by atoms with E-state index >= 15 is 0 Å². The molecule has 22 heavy (non-hydrogen) atoms. The summed E-state index contributed by atoms with van der Waals surface area (Å²) in [4.78, 5) is 6.31. The zero-order valence-corrected chi connectivity index (χ0v) is 15.0. The van der Waals surface area contributed by atoms with E-state index in [0.29, 0.717) is 17.9 Å². The lowest BCUT2D eigenvalue weighted by molar-refractivity contribution is -0.195. The van der Waals surface area contributed by atoms with Gasteiger partial charge in [-0.15, -0.1) is 0 Å². The van der Waals surface area contributed by atoms with E-state index in [1.807, 2.05) is 0 Å². The molecule has 0 amide bonds. The van der Waals surface area contributed by atoms with Gasteiger partial charge in [-0.1, -0.05) is 45.0 Å². The summed E-state index contributed by atoms with van der Waals surface area (Å²) >= 11 is 0. The Morgan fingerprint density at radius 2 is 1.86 bits per heavy atom. The Morgan fingerprint density at radius 3 is 2.50 bits per heavy atom. The predicted molar refractivity (Wildman–Crippen MR) is 91.8 cm³/mol. The molecule has 0 unspecified atom stereocenters. The number of hydrogen-bond acceptors (Lipinski definition) is 2. The summed E-state index contributed by atoms with van der Waals surface area (Å²) in [6.07, 6.45) is 2.46. The summed E-state index contributed by atoms with van der Waals surface area (Å²) in [6.45, 7) is 14.9. The topological polar surface area (TPSA) is 12.5 Å². The molecule has 2 aliphatic rings. The molecule has 0 N–H and O–H groups in total. The van der Waals surface area contributed by atoms with Gasteiger partial charge in [0.25, 0.3) is 0 Å². The third kappa shape index (κ3) is 2.41. The number of hydrogen-bond donors (Lipinski definition) is 0. The molecule has 1 saturated carbocycles. The number of rotatable bonds is 2. The normalized spacial score (nSPS) is 38.0. The average molecular weight is 301 g/mol. The molecule has 1 aromatic rings. The molecule has 0 bridgehead atoms. The van der Waals surface area contributed by atoms with Crippen molar-refractivity contribution in [2.24, 2.45) is 11.8 Å². The Bertz CT molecular complexity index is 552. The Hall–Kier alpha value is -0.860. The molecule has 2 fully saturated rings. The molecule has 4 atom stereocenters. The molecule has 2 nitrogen and oxygen atoms in total. The van der Waals surface area contributed by atoms with Crippen molar-refractivity contribution in [2.45, 2.75) is 71.4 Å². The SMILES string of the molecule is CCN1OC(C)(C)[C@@H]2C[C@](C)(c3ccccc3C)C[C@H](C)[C@H]21. The van der Waals surface area contributed by atoms with E-state index in [1.165, 1.54) is 24.0 Å². The Kier molecular flexibility index (Phi) is 3.89. The maximum Gasteiger partial charge on any atom is 0.0888 e. The quantitative estimate of drug-likeness (QED) is 0.784. The lowest BCUT2D eigenvalue weighted by atomic mass is 9.58. The highest BCUT2D eigenvalue weighted by molar-refractivity contribution is 5.34. The lowest BCUT2D eigenvalue weighted by Crippen LogP contribution is -2.49. The number of nitrogens with zero attached hydrogens (tertiary/aromatic N) is 1. The molecule has 1 heterocycles. The van der Waals surface area contributed by atoms with Crippen molar-refractivity contribution in [3.05, 3.63) is 35.4 Å². The van der Waals surface area contributed by atoms with Gasteiger partial charge >= 0.3 is 0 Å². The highest BCUT2D eigenvalue weighted by atomic mass is 16.7. The minimum Gasteiger partial charge on any atom is -0.292 e. The fourth-order valence-electron chi connectivity index (χ4n) is 5.24. The maximum absolute atomic E-state index is 6.31. The van der Waals surface area contributed by atoms with Crippen molar-refractivity contribution < 1.29 is 4.84 Å². The van der Waals surface area contributed by atoms with Gasteiger partial charge in [0, 0.05) is 18.5 Å². The van der Waals surface area contributed by atoms with Gasteiger partial charge in [0.15, 0.2) is 0 Å². The van der Waals surface area contributed by atoms with Crippen LogP contribution in [0.1, 0.15) is 58.6 Å². The van der Waals surface area contributed by atoms with Crippen molar-refractivity contribution in [1.29, 1.82) is 0 Å². The summed E-state index contributed by atoms with van der Waals surface area (Å²) in [5.41, 5.74) is 3.17. The zero-order valence-electron chi connectivity index (χ0n) is 15.0. The fourth-order valence-corrected chi connectivity index (χ4v) is 5.24. The van der Waals surface area contributed by atoms with Crippen LogP contribution in [0.15, 0.2) is 24.3 Å². The van der Waals surface area contributed by atoms with Crippen LogP contribution in [0.3, 0.4) is 0 Å². The van der Waals surface area contributed by atoms with E-state index in [0.717, 1.165) is 6.54 Å². The van der Waals surface area contributed by atoms with Gasteiger partial charge in [-0.05, 0) is 56.1 Å². The van der Waals surface area contributed by atoms with Crippen molar-refractivity contribution in [1.82, 2.24) is 5.06 Å². The Labute approximate surface area is 135 Å². The van der Waals surface area contributed by atoms with E-state index in [-0.39, 0.29) is 11.0 Å². The highest BCUT2D eigenvalue weighted by Crippen LogP contribution is 2.53. The molecule has 1 saturated heterocycles. The lowest BCUT2D eigenvalue weighted by Gasteiger charge is -2.47. The number of hydroxylamine groups is 2. The number of benzene rings is 1. The van der Waals surface area contributed by atoms with Gasteiger partial charge in [0.05, 0.1) is 5.60 Å². The van der Waals surface area contributed by atoms with Crippen molar-refractivity contribution in [2.75, 3.05) is 6.54 Å². The monoisotopic (exact) mass is 301 g/mol. The first-order valence-corrected chi connectivity index (χ1v) is 8.80. The minimum absolute atomic E-state index is 0.0562. The molecule has 0 aromatic heterocycles. The van der Waals surface area contributed by atoms with Gasteiger partial charge in [0.2, 0.25) is 0 Å². The molecule has 122 valence electrons. The highest BCUT2D eigenvalue weighted by Gasteiger charge is 2.56. The molecular formula is C20H31NO. The molecule has 1 aliphatic carbocycles. The van der Waals surface area contributed by atoms with Gasteiger partial charge < -0.3 is 0 Å². The van der Waals surface area contributed by atoms with Crippen LogP contribution < -0.4 is 0 Å². The van der Waals surface area contributed by atoms with Gasteiger partial charge in [-0.3, -0.25) is 4.84 Å². The standard InChI is InChI=1S/C20H31NO/c1-7-21-18-15(3)12-20(6,13-17(18)19(4,5)22-21)16-11-9-8-10-14(16)2/h8-11,15,17-18H,7,12-13H2,1-6H3/t15-,17+,18+,20+/m0/s1. The number of fused-ring (bicyclic) bond motifs is 1. The molecule has 0 spiro atoms. The van der Waals surface area contributed by atoms with Crippen LogP contribution in [0.25, 0.3) is 0 Å². The Morgan fingerprint density at radius 1 is 1.18 bits per heavy atom. The first-order valence-electron chi connectivity index (χ1n) is 8.80. The molecule has 0 radical (unpaired) electrons. The Balaban J connectivity index is 1.98. The smallest absolute Gasteiger partial charge is 0.0888 e. The molecule has 2 heteroatoms. The van der Waals surface area contributed by atoms with Crippen LogP contribution in [0.5, 0.6) is 0 Å². The third-order valence-corrected chi connectivity index (χ3v) is 6.12. The predicted octanol–water partition coefficient (Wildman–Crippen LogP) is 4.71. The van der Waals surface area contributed by atoms with Crippen molar-refractivity contribution in [3.63, 3.8) is 0 Å². The van der Waals surface area contributed by atoms with E-state index in [2.05, 4.69) is 70.9 Å². The second kappa shape index (κ2) is 5.35. The van der Waals surface area contributed by atoms with E-state index in [9.17, 15) is 0 Å². The summed E-state index contributed by atoms with van der Waals surface area (Å²) in [7, 11) is 0. The van der Waals surface area contributed by atoms with Crippen LogP contribution in [-0.2, 0) is 10.3 Å². The summed E-state index contributed by atoms with van der Waals surface area (Å²) in [5, 5.41) is 2.26. The van der Waals surface area contributed by atoms with Crippen LogP contribution >= 0.6 is 0 Å². The summed E-state index contributed by atoms with van der Waals surface area (Å²) in [5.74, 6) is 1.26. The van der Waals surface area contributed by atoms with Gasteiger partial charge in [-0.2, -0.15) is 5.06 Å². The molecule has 1 aromatic carbocycles. The van der Waals surface area contributed by atoms with Crippen LogP contribution in [-0.4, -0.2) is 23.3 Å². The van der Waals surface area contributed by atoms with Gasteiger partial charge in [0.1, 0.15) is 0 Å². The maximum atomic E-state index is 6.31. The zero-order chi connectivity index (χ0) is 16.1. The second-order valence-electron chi connectivity index (χ2n) is 8.29. The fraction of sp³-hybridized carbons (Fsp3) is 0.700. The first-order chi connectivity index (χ1) is 10.3. The number of aryl methyl sites for hydroxylation is 1. The molecule has 3 rings (SSSR count). The van der Waals surface area contributed by atoms with Crippen molar-refractivity contribution in [3.8, 4) is 0 Å². The van der Waals surface area contributed by atoms with E-state index in [4.69, 9.17) is 4.84 Å². The van der Waals surface area contributed by atoms with Crippen LogP contribution in [0.4, 0.5) is 0 Å². The van der Waals surface area contributed by atoms with E-state index in [1.54, 1.807) is 0 Å². The molecule has 1 aliphatic heterocycles. The first kappa shape index (κ1) is 16.0. The van der Waals surface area contributed by atoms with Gasteiger partial charge in [-0.25, -0.2) is 0 Å². The third-order valence-electron chi connectivity index (χ3n) is 6.12. The van der Waals surface area contributed by atoms with Crippen LogP contribution in [0, 0.1) is 18.8 Å². The summed E-state index contributed by atoms with van der Waals surface area (Å²) in [6, 6.07) is 9.50. The largest absolute Gasteiger partial charge is 0.292 e. The molecular weight excluding hydrogens is 270 g/mol. The minimum atomic E-state index is -0.0562. The van der Waals surface area contributed by atoms with E-state index < -0.39 is 0 Å². The average Bonchev–Trinajstić information content (AvgIpc) is 2.70. The van der Waals surface area contributed by atoms with Crippen molar-refractivity contribution >= 4 is 0 Å². The summed E-state index contributed by atoms with van der Waals surface area (Å²) < 4.78 is 0.